The number of rotatable bonds is 2. The number of anilines is 2. The van der Waals surface area contributed by atoms with Gasteiger partial charge in [-0.15, -0.1) is 0 Å². The Morgan fingerprint density at radius 2 is 2.07 bits per heavy atom. The number of nitrogens with zero attached hydrogens (tertiary/aromatic N) is 2. The first-order valence-corrected chi connectivity index (χ1v) is 9.61. The molecule has 1 aliphatic carbocycles. The number of benzene rings is 1. The molecule has 0 unspecified atom stereocenters. The highest BCUT2D eigenvalue weighted by Gasteiger charge is 2.55. The summed E-state index contributed by atoms with van der Waals surface area (Å²) in [5, 5.41) is 12.6. The van der Waals surface area contributed by atoms with Crippen LogP contribution in [0.4, 0.5) is 16.2 Å². The predicted octanol–water partition coefficient (Wildman–Crippen LogP) is 2.70. The Morgan fingerprint density at radius 3 is 2.78 bits per heavy atom. The third-order valence-electron chi connectivity index (χ3n) is 6.41. The highest BCUT2D eigenvalue weighted by molar-refractivity contribution is 5.94. The van der Waals surface area contributed by atoms with Crippen molar-refractivity contribution < 1.29 is 19.5 Å². The van der Waals surface area contributed by atoms with E-state index in [0.717, 1.165) is 43.5 Å². The fraction of sp³-hybridized carbons (Fsp3) is 0.550. The molecule has 1 aromatic carbocycles. The summed E-state index contributed by atoms with van der Waals surface area (Å²) in [6.45, 7) is 3.07. The van der Waals surface area contributed by atoms with Crippen molar-refractivity contribution in [1.82, 2.24) is 4.90 Å². The van der Waals surface area contributed by atoms with Gasteiger partial charge in [0.05, 0.1) is 5.41 Å². The van der Waals surface area contributed by atoms with Crippen molar-refractivity contribution >= 4 is 29.3 Å². The molecule has 0 spiro atoms. The summed E-state index contributed by atoms with van der Waals surface area (Å²) >= 11 is 0. The number of carbonyl (C=O) groups excluding carboxylic acids is 2. The summed E-state index contributed by atoms with van der Waals surface area (Å²) in [4.78, 5) is 39.7. The summed E-state index contributed by atoms with van der Waals surface area (Å²) in [5.74, 6) is -0.706. The van der Waals surface area contributed by atoms with E-state index >= 15 is 0 Å². The first kappa shape index (κ1) is 17.8. The molecule has 7 heteroatoms. The van der Waals surface area contributed by atoms with Crippen molar-refractivity contribution in [3.63, 3.8) is 0 Å². The minimum absolute atomic E-state index is 0.0234. The topological polar surface area (TPSA) is 90.0 Å². The number of aliphatic carboxylic acids is 1. The number of urea groups is 1. The van der Waals surface area contributed by atoms with E-state index in [2.05, 4.69) is 5.32 Å². The van der Waals surface area contributed by atoms with Gasteiger partial charge in [-0.3, -0.25) is 9.59 Å². The fourth-order valence-corrected chi connectivity index (χ4v) is 5.00. The van der Waals surface area contributed by atoms with E-state index in [9.17, 15) is 19.5 Å². The third-order valence-corrected chi connectivity index (χ3v) is 6.41. The van der Waals surface area contributed by atoms with E-state index < -0.39 is 11.4 Å². The van der Waals surface area contributed by atoms with Gasteiger partial charge in [0.1, 0.15) is 0 Å². The van der Waals surface area contributed by atoms with Crippen LogP contribution in [0.3, 0.4) is 0 Å². The lowest BCUT2D eigenvalue weighted by atomic mass is 9.81. The van der Waals surface area contributed by atoms with Crippen LogP contribution in [0.2, 0.25) is 0 Å². The normalized spacial score (nSPS) is 26.5. The first-order valence-electron chi connectivity index (χ1n) is 9.61. The molecule has 2 heterocycles. The summed E-state index contributed by atoms with van der Waals surface area (Å²) in [5.41, 5.74) is 1.88. The Kier molecular flexibility index (Phi) is 4.32. The molecule has 2 fully saturated rings. The summed E-state index contributed by atoms with van der Waals surface area (Å²) in [6, 6.07) is 5.36. The van der Waals surface area contributed by atoms with Crippen LogP contribution in [0.25, 0.3) is 0 Å². The van der Waals surface area contributed by atoms with Gasteiger partial charge in [0.2, 0.25) is 5.91 Å². The molecule has 144 valence electrons. The second-order valence-electron chi connectivity index (χ2n) is 7.98. The number of amides is 3. The van der Waals surface area contributed by atoms with Gasteiger partial charge in [0.25, 0.3) is 0 Å². The van der Waals surface area contributed by atoms with E-state index in [1.165, 1.54) is 0 Å². The van der Waals surface area contributed by atoms with Gasteiger partial charge in [0, 0.05) is 37.9 Å². The summed E-state index contributed by atoms with van der Waals surface area (Å²) in [7, 11) is 0. The lowest BCUT2D eigenvalue weighted by Crippen LogP contribution is -2.38. The number of hydrogen-bond donors (Lipinski definition) is 2. The minimum atomic E-state index is -0.779. The minimum Gasteiger partial charge on any atom is -0.481 e. The smallest absolute Gasteiger partial charge is 0.321 e. The van der Waals surface area contributed by atoms with Gasteiger partial charge < -0.3 is 20.2 Å². The molecule has 27 heavy (non-hydrogen) atoms. The lowest BCUT2D eigenvalue weighted by molar-refractivity contribution is -0.149. The monoisotopic (exact) mass is 371 g/mol. The van der Waals surface area contributed by atoms with Crippen molar-refractivity contribution in [3.8, 4) is 0 Å². The van der Waals surface area contributed by atoms with Crippen LogP contribution in [-0.2, 0) is 16.0 Å². The predicted molar refractivity (Wildman–Crippen MR) is 101 cm³/mol. The highest BCUT2D eigenvalue weighted by atomic mass is 16.4. The lowest BCUT2D eigenvalue weighted by Gasteiger charge is -2.29. The molecule has 3 amide bonds. The van der Waals surface area contributed by atoms with Gasteiger partial charge in [-0.05, 0) is 55.4 Å². The molecule has 2 N–H and O–H groups in total. The third kappa shape index (κ3) is 2.95. The van der Waals surface area contributed by atoms with Crippen molar-refractivity contribution in [1.29, 1.82) is 0 Å². The molecule has 1 saturated heterocycles. The van der Waals surface area contributed by atoms with Crippen LogP contribution in [0.1, 0.15) is 38.2 Å². The van der Waals surface area contributed by atoms with Crippen LogP contribution in [0, 0.1) is 11.3 Å². The Morgan fingerprint density at radius 1 is 1.26 bits per heavy atom. The Bertz CT molecular complexity index is 808. The zero-order chi connectivity index (χ0) is 19.2. The maximum Gasteiger partial charge on any atom is 0.321 e. The standard InChI is InChI=1S/C20H25N3O4/c1-13(24)23-9-3-4-14-10-16(6-7-17(14)23)21-19(27)22-11-15-5-2-8-20(15,12-22)18(25)26/h6-7,10,15H,2-5,8-9,11-12H2,1H3,(H,21,27)(H,25,26)/t15-,20+/m0/s1. The van der Waals surface area contributed by atoms with Crippen molar-refractivity contribution in [2.75, 3.05) is 29.9 Å². The number of aryl methyl sites for hydroxylation is 1. The van der Waals surface area contributed by atoms with Crippen molar-refractivity contribution in [2.45, 2.75) is 39.0 Å². The van der Waals surface area contributed by atoms with Crippen LogP contribution in [-0.4, -0.2) is 47.5 Å². The van der Waals surface area contributed by atoms with E-state index in [-0.39, 0.29) is 24.4 Å². The van der Waals surface area contributed by atoms with E-state index in [1.807, 2.05) is 18.2 Å². The zero-order valence-electron chi connectivity index (χ0n) is 15.5. The molecule has 7 nitrogen and oxygen atoms in total. The van der Waals surface area contributed by atoms with Crippen LogP contribution >= 0.6 is 0 Å². The summed E-state index contributed by atoms with van der Waals surface area (Å²) in [6.07, 6.45) is 4.21. The van der Waals surface area contributed by atoms with Crippen molar-refractivity contribution in [2.24, 2.45) is 11.3 Å². The van der Waals surface area contributed by atoms with Gasteiger partial charge in [-0.1, -0.05) is 6.42 Å². The van der Waals surface area contributed by atoms with Gasteiger partial charge in [0.15, 0.2) is 0 Å². The number of fused-ring (bicyclic) bond motifs is 2. The molecular formula is C20H25N3O4. The number of hydrogen-bond acceptors (Lipinski definition) is 3. The summed E-state index contributed by atoms with van der Waals surface area (Å²) < 4.78 is 0. The quantitative estimate of drug-likeness (QED) is 0.836. The number of nitrogens with one attached hydrogen (secondary N) is 1. The second kappa shape index (κ2) is 6.55. The molecule has 3 aliphatic rings. The second-order valence-corrected chi connectivity index (χ2v) is 7.98. The van der Waals surface area contributed by atoms with Crippen LogP contribution in [0.5, 0.6) is 0 Å². The van der Waals surface area contributed by atoms with Crippen molar-refractivity contribution in [3.05, 3.63) is 23.8 Å². The van der Waals surface area contributed by atoms with Crippen LogP contribution in [0.15, 0.2) is 18.2 Å². The Labute approximate surface area is 158 Å². The molecule has 0 aromatic heterocycles. The number of carboxylic acids is 1. The number of likely N-dealkylation sites (tertiary alicyclic amines) is 1. The fourth-order valence-electron chi connectivity index (χ4n) is 5.00. The Hall–Kier alpha value is -2.57. The molecule has 4 rings (SSSR count). The SMILES string of the molecule is CC(=O)N1CCCc2cc(NC(=O)N3C[C@@H]4CCC[C@@]4(C(=O)O)C3)ccc21. The molecule has 2 aliphatic heterocycles. The molecule has 0 bridgehead atoms. The number of carbonyl (C=O) groups is 3. The molecule has 1 saturated carbocycles. The number of carboxylic acid groups (broad SMARTS) is 1. The average molecular weight is 371 g/mol. The molecule has 2 atom stereocenters. The highest BCUT2D eigenvalue weighted by Crippen LogP contribution is 2.49. The largest absolute Gasteiger partial charge is 0.481 e. The first-order chi connectivity index (χ1) is 12.9. The average Bonchev–Trinajstić information content (AvgIpc) is 3.19. The van der Waals surface area contributed by atoms with Gasteiger partial charge in [-0.25, -0.2) is 4.79 Å². The van der Waals surface area contributed by atoms with Gasteiger partial charge in [-0.2, -0.15) is 0 Å². The molecule has 1 aromatic rings. The molecular weight excluding hydrogens is 346 g/mol. The maximum atomic E-state index is 12.7. The Balaban J connectivity index is 1.48. The van der Waals surface area contributed by atoms with E-state index in [4.69, 9.17) is 0 Å². The van der Waals surface area contributed by atoms with Crippen LogP contribution < -0.4 is 10.2 Å². The zero-order valence-corrected chi connectivity index (χ0v) is 15.5. The van der Waals surface area contributed by atoms with Gasteiger partial charge >= 0.3 is 12.0 Å². The molecule has 0 radical (unpaired) electrons. The maximum absolute atomic E-state index is 12.7. The van der Waals surface area contributed by atoms with E-state index in [1.54, 1.807) is 16.7 Å². The van der Waals surface area contributed by atoms with E-state index in [0.29, 0.717) is 18.7 Å².